The molecule has 2 heterocycles. The summed E-state index contributed by atoms with van der Waals surface area (Å²) in [5.74, 6) is 1.61. The van der Waals surface area contributed by atoms with Crippen LogP contribution in [0.4, 0.5) is 11.6 Å². The molecule has 0 radical (unpaired) electrons. The van der Waals surface area contributed by atoms with Gasteiger partial charge in [-0.05, 0) is 51.1 Å². The average Bonchev–Trinajstić information content (AvgIpc) is 2.67. The Morgan fingerprint density at radius 3 is 2.64 bits per heavy atom. The number of ether oxygens (including phenoxy) is 2. The van der Waals surface area contributed by atoms with Crippen LogP contribution in [0.25, 0.3) is 17.0 Å². The highest BCUT2D eigenvalue weighted by atomic mass is 16.5. The minimum absolute atomic E-state index is 0. The standard InChI is InChI=1S/C22H24N4O2.H2/c1-15(28-22(2,3)4)16-8-6-9-17(14-16)25-21-24-13-11-19(26-21)18-10-7-12-23-20(18)27-5;/h6-14H,1H2,2-5H3,(H,24,25,26);1H. The van der Waals surface area contributed by atoms with Crippen LogP contribution in [-0.2, 0) is 4.74 Å². The van der Waals surface area contributed by atoms with Crippen LogP contribution in [0.5, 0.6) is 5.88 Å². The van der Waals surface area contributed by atoms with Gasteiger partial charge in [0.15, 0.2) is 0 Å². The molecule has 0 saturated heterocycles. The van der Waals surface area contributed by atoms with E-state index in [2.05, 4.69) is 26.8 Å². The minimum atomic E-state index is -0.305. The SMILES string of the molecule is C=C(OC(C)(C)C)c1cccc(Nc2nccc(-c3cccnc3OC)n2)c1.[HH]. The average molecular weight is 378 g/mol. The molecule has 28 heavy (non-hydrogen) atoms. The molecule has 0 atom stereocenters. The predicted octanol–water partition coefficient (Wildman–Crippen LogP) is 5.32. The van der Waals surface area contributed by atoms with Crippen LogP contribution in [0.2, 0.25) is 0 Å². The van der Waals surface area contributed by atoms with E-state index in [1.165, 1.54) is 0 Å². The zero-order chi connectivity index (χ0) is 20.1. The van der Waals surface area contributed by atoms with E-state index >= 15 is 0 Å². The zero-order valence-corrected chi connectivity index (χ0v) is 16.6. The Bertz CT molecular complexity index is 986. The van der Waals surface area contributed by atoms with Gasteiger partial charge in [-0.2, -0.15) is 0 Å². The van der Waals surface area contributed by atoms with Crippen molar-refractivity contribution >= 4 is 17.4 Å². The quantitative estimate of drug-likeness (QED) is 0.585. The van der Waals surface area contributed by atoms with E-state index in [0.29, 0.717) is 17.6 Å². The number of pyridine rings is 1. The van der Waals surface area contributed by atoms with Crippen LogP contribution in [0.15, 0.2) is 61.4 Å². The number of hydrogen-bond donors (Lipinski definition) is 1. The van der Waals surface area contributed by atoms with Gasteiger partial charge in [-0.15, -0.1) is 0 Å². The first-order valence-electron chi connectivity index (χ1n) is 8.93. The third-order valence-corrected chi connectivity index (χ3v) is 3.77. The molecule has 0 aliphatic heterocycles. The highest BCUT2D eigenvalue weighted by Gasteiger charge is 2.14. The molecule has 2 aromatic heterocycles. The lowest BCUT2D eigenvalue weighted by atomic mass is 10.1. The molecular weight excluding hydrogens is 352 g/mol. The first-order valence-corrected chi connectivity index (χ1v) is 8.93. The first kappa shape index (κ1) is 19.4. The zero-order valence-electron chi connectivity index (χ0n) is 16.6. The molecule has 0 aliphatic carbocycles. The Labute approximate surface area is 166 Å². The van der Waals surface area contributed by atoms with E-state index in [1.807, 2.05) is 63.2 Å². The van der Waals surface area contributed by atoms with Crippen molar-refractivity contribution in [3.63, 3.8) is 0 Å². The maximum atomic E-state index is 5.86. The van der Waals surface area contributed by atoms with Gasteiger partial charge in [0, 0.05) is 25.1 Å². The van der Waals surface area contributed by atoms with Crippen LogP contribution in [-0.4, -0.2) is 27.7 Å². The van der Waals surface area contributed by atoms with Crippen molar-refractivity contribution in [1.82, 2.24) is 15.0 Å². The highest BCUT2D eigenvalue weighted by molar-refractivity contribution is 5.68. The van der Waals surface area contributed by atoms with Crippen LogP contribution in [0.3, 0.4) is 0 Å². The van der Waals surface area contributed by atoms with Crippen molar-refractivity contribution in [2.45, 2.75) is 26.4 Å². The predicted molar refractivity (Wildman–Crippen MR) is 114 cm³/mol. The maximum Gasteiger partial charge on any atom is 0.227 e. The molecule has 0 spiro atoms. The fraction of sp³-hybridized carbons (Fsp3) is 0.227. The van der Waals surface area contributed by atoms with Crippen LogP contribution in [0, 0.1) is 0 Å². The lowest BCUT2D eigenvalue weighted by Crippen LogP contribution is -2.17. The molecule has 3 aromatic rings. The van der Waals surface area contributed by atoms with Gasteiger partial charge in [0.1, 0.15) is 11.4 Å². The number of aromatic nitrogens is 3. The number of hydrogen-bond acceptors (Lipinski definition) is 6. The lowest BCUT2D eigenvalue weighted by molar-refractivity contribution is 0.0976. The summed E-state index contributed by atoms with van der Waals surface area (Å²) in [6, 6.07) is 13.4. The molecule has 0 bridgehead atoms. The summed E-state index contributed by atoms with van der Waals surface area (Å²) < 4.78 is 11.2. The third kappa shape index (κ3) is 4.85. The molecule has 0 aliphatic rings. The van der Waals surface area contributed by atoms with E-state index in [0.717, 1.165) is 22.5 Å². The summed E-state index contributed by atoms with van der Waals surface area (Å²) in [7, 11) is 1.59. The second kappa shape index (κ2) is 8.08. The number of rotatable bonds is 6. The fourth-order valence-electron chi connectivity index (χ4n) is 2.65. The topological polar surface area (TPSA) is 69.2 Å². The van der Waals surface area contributed by atoms with E-state index in [1.54, 1.807) is 19.5 Å². The minimum Gasteiger partial charge on any atom is -0.488 e. The van der Waals surface area contributed by atoms with Gasteiger partial charge in [0.2, 0.25) is 11.8 Å². The van der Waals surface area contributed by atoms with Crippen molar-refractivity contribution in [1.29, 1.82) is 0 Å². The third-order valence-electron chi connectivity index (χ3n) is 3.77. The van der Waals surface area contributed by atoms with Crippen molar-refractivity contribution in [2.75, 3.05) is 12.4 Å². The highest BCUT2D eigenvalue weighted by Crippen LogP contribution is 2.27. The van der Waals surface area contributed by atoms with Crippen LogP contribution >= 0.6 is 0 Å². The van der Waals surface area contributed by atoms with Gasteiger partial charge in [0.05, 0.1) is 18.4 Å². The Hall–Kier alpha value is -3.41. The summed E-state index contributed by atoms with van der Waals surface area (Å²) in [5, 5.41) is 3.23. The molecule has 146 valence electrons. The molecule has 3 rings (SSSR count). The normalized spacial score (nSPS) is 11.0. The fourth-order valence-corrected chi connectivity index (χ4v) is 2.65. The Balaban J connectivity index is 0.00000300. The lowest BCUT2D eigenvalue weighted by Gasteiger charge is -2.23. The summed E-state index contributed by atoms with van der Waals surface area (Å²) in [4.78, 5) is 13.1. The first-order chi connectivity index (χ1) is 13.4. The number of anilines is 2. The van der Waals surface area contributed by atoms with Gasteiger partial charge >= 0.3 is 0 Å². The van der Waals surface area contributed by atoms with Crippen molar-refractivity contribution in [3.8, 4) is 17.1 Å². The molecule has 0 fully saturated rings. The molecule has 0 saturated carbocycles. The molecule has 0 unspecified atom stereocenters. The summed E-state index contributed by atoms with van der Waals surface area (Å²) in [6.07, 6.45) is 3.38. The van der Waals surface area contributed by atoms with Gasteiger partial charge < -0.3 is 14.8 Å². The van der Waals surface area contributed by atoms with Gasteiger partial charge in [-0.1, -0.05) is 18.7 Å². The van der Waals surface area contributed by atoms with Gasteiger partial charge in [-0.3, -0.25) is 0 Å². The van der Waals surface area contributed by atoms with Crippen LogP contribution in [0.1, 0.15) is 27.8 Å². The van der Waals surface area contributed by atoms with E-state index in [4.69, 9.17) is 9.47 Å². The van der Waals surface area contributed by atoms with E-state index in [9.17, 15) is 0 Å². The number of nitrogens with zero attached hydrogens (tertiary/aromatic N) is 3. The summed E-state index contributed by atoms with van der Waals surface area (Å²) in [5.41, 5.74) is 2.95. The van der Waals surface area contributed by atoms with Gasteiger partial charge in [-0.25, -0.2) is 15.0 Å². The smallest absolute Gasteiger partial charge is 0.227 e. The van der Waals surface area contributed by atoms with Crippen LogP contribution < -0.4 is 10.1 Å². The summed E-state index contributed by atoms with van der Waals surface area (Å²) in [6.45, 7) is 10.0. The molecular formula is C22H26N4O2. The second-order valence-electron chi connectivity index (χ2n) is 7.17. The second-order valence-corrected chi connectivity index (χ2v) is 7.17. The maximum absolute atomic E-state index is 5.86. The largest absolute Gasteiger partial charge is 0.488 e. The van der Waals surface area contributed by atoms with Gasteiger partial charge in [0.25, 0.3) is 0 Å². The van der Waals surface area contributed by atoms with Crippen molar-refractivity contribution < 1.29 is 10.9 Å². The van der Waals surface area contributed by atoms with Crippen molar-refractivity contribution in [2.24, 2.45) is 0 Å². The van der Waals surface area contributed by atoms with Crippen molar-refractivity contribution in [3.05, 3.63) is 67.0 Å². The molecule has 6 heteroatoms. The molecule has 0 amide bonds. The summed E-state index contributed by atoms with van der Waals surface area (Å²) >= 11 is 0. The number of benzene rings is 1. The Morgan fingerprint density at radius 2 is 1.89 bits per heavy atom. The Morgan fingerprint density at radius 1 is 1.07 bits per heavy atom. The monoisotopic (exact) mass is 378 g/mol. The molecule has 1 aromatic carbocycles. The Kier molecular flexibility index (Phi) is 5.59. The van der Waals surface area contributed by atoms with E-state index in [-0.39, 0.29) is 7.03 Å². The van der Waals surface area contributed by atoms with E-state index < -0.39 is 0 Å². The number of methoxy groups -OCH3 is 1. The molecule has 6 nitrogen and oxygen atoms in total. The molecule has 1 N–H and O–H groups in total. The number of nitrogens with one attached hydrogen (secondary N) is 1.